The Hall–Kier alpha value is -2.31. The first-order valence-electron chi connectivity index (χ1n) is 6.36. The number of fused-ring (bicyclic) bond motifs is 3. The Labute approximate surface area is 108 Å². The van der Waals surface area contributed by atoms with E-state index >= 15 is 0 Å². The summed E-state index contributed by atoms with van der Waals surface area (Å²) in [6.45, 7) is 4.67. The topological polar surface area (TPSA) is 78.0 Å². The number of aromatic nitrogens is 6. The van der Waals surface area contributed by atoms with Crippen LogP contribution >= 0.6 is 0 Å². The molecule has 0 saturated heterocycles. The second kappa shape index (κ2) is 4.42. The average molecular weight is 258 g/mol. The molecule has 3 aromatic rings. The van der Waals surface area contributed by atoms with Crippen LogP contribution in [0.15, 0.2) is 17.1 Å². The van der Waals surface area contributed by atoms with E-state index in [0.717, 1.165) is 12.8 Å². The SMILES string of the molecule is CCCn1ccc2c(nnc3nc(CC)nn32)c1=O. The number of nitrogens with zero attached hydrogens (tertiary/aromatic N) is 6. The predicted molar refractivity (Wildman–Crippen MR) is 70.0 cm³/mol. The number of aryl methyl sites for hydroxylation is 2. The lowest BCUT2D eigenvalue weighted by molar-refractivity contribution is 0.656. The minimum Gasteiger partial charge on any atom is -0.313 e. The summed E-state index contributed by atoms with van der Waals surface area (Å²) in [6.07, 6.45) is 3.38. The first kappa shape index (κ1) is 11.8. The van der Waals surface area contributed by atoms with Crippen molar-refractivity contribution in [1.29, 1.82) is 0 Å². The second-order valence-electron chi connectivity index (χ2n) is 4.34. The molecule has 0 radical (unpaired) electrons. The molecule has 0 N–H and O–H groups in total. The van der Waals surface area contributed by atoms with Crippen molar-refractivity contribution in [3.8, 4) is 0 Å². The molecular weight excluding hydrogens is 244 g/mol. The summed E-state index contributed by atoms with van der Waals surface area (Å²) < 4.78 is 3.22. The van der Waals surface area contributed by atoms with Crippen LogP contribution in [0.2, 0.25) is 0 Å². The number of hydrogen-bond donors (Lipinski definition) is 0. The van der Waals surface area contributed by atoms with E-state index in [9.17, 15) is 4.79 Å². The standard InChI is InChI=1S/C12H14N6O/c1-3-6-17-7-5-8-10(11(17)19)14-15-12-13-9(4-2)16-18(8)12/h5,7H,3-4,6H2,1-2H3. The Kier molecular flexibility index (Phi) is 2.73. The summed E-state index contributed by atoms with van der Waals surface area (Å²) in [5.41, 5.74) is 0.841. The summed E-state index contributed by atoms with van der Waals surface area (Å²) in [6, 6.07) is 1.84. The maximum Gasteiger partial charge on any atom is 0.280 e. The van der Waals surface area contributed by atoms with Gasteiger partial charge in [0.15, 0.2) is 11.3 Å². The zero-order valence-electron chi connectivity index (χ0n) is 10.9. The van der Waals surface area contributed by atoms with Gasteiger partial charge in [0, 0.05) is 19.2 Å². The van der Waals surface area contributed by atoms with Crippen molar-refractivity contribution in [2.75, 3.05) is 0 Å². The lowest BCUT2D eigenvalue weighted by Crippen LogP contribution is -2.21. The monoisotopic (exact) mass is 258 g/mol. The highest BCUT2D eigenvalue weighted by Gasteiger charge is 2.11. The van der Waals surface area contributed by atoms with Crippen LogP contribution < -0.4 is 5.56 Å². The normalized spacial score (nSPS) is 11.5. The van der Waals surface area contributed by atoms with Crippen LogP contribution in [-0.2, 0) is 13.0 Å². The van der Waals surface area contributed by atoms with Gasteiger partial charge in [-0.1, -0.05) is 13.8 Å². The summed E-state index contributed by atoms with van der Waals surface area (Å²) in [5, 5.41) is 12.3. The minimum absolute atomic E-state index is 0.137. The van der Waals surface area contributed by atoms with Gasteiger partial charge in [-0.25, -0.2) is 0 Å². The predicted octanol–water partition coefficient (Wildman–Crippen LogP) is 0.807. The Balaban J connectivity index is 2.34. The summed E-state index contributed by atoms with van der Waals surface area (Å²) in [5.74, 6) is 1.12. The largest absolute Gasteiger partial charge is 0.313 e. The van der Waals surface area contributed by atoms with Gasteiger partial charge in [0.2, 0.25) is 0 Å². The number of hydrogen-bond acceptors (Lipinski definition) is 5. The van der Waals surface area contributed by atoms with Crippen LogP contribution in [-0.4, -0.2) is 29.4 Å². The third kappa shape index (κ3) is 1.78. The molecule has 3 rings (SSSR count). The Bertz CT molecular complexity index is 803. The summed E-state index contributed by atoms with van der Waals surface area (Å²) in [7, 11) is 0. The fourth-order valence-electron chi connectivity index (χ4n) is 2.05. The molecule has 3 heterocycles. The van der Waals surface area contributed by atoms with Gasteiger partial charge in [0.25, 0.3) is 11.3 Å². The van der Waals surface area contributed by atoms with Crippen LogP contribution in [0, 0.1) is 0 Å². The van der Waals surface area contributed by atoms with E-state index in [1.54, 1.807) is 15.3 Å². The fraction of sp³-hybridized carbons (Fsp3) is 0.417. The maximum absolute atomic E-state index is 12.2. The first-order valence-corrected chi connectivity index (χ1v) is 6.36. The fourth-order valence-corrected chi connectivity index (χ4v) is 2.05. The molecule has 7 nitrogen and oxygen atoms in total. The van der Waals surface area contributed by atoms with E-state index < -0.39 is 0 Å². The molecule has 0 aromatic carbocycles. The van der Waals surface area contributed by atoms with Crippen LogP contribution in [0.25, 0.3) is 16.8 Å². The van der Waals surface area contributed by atoms with Gasteiger partial charge >= 0.3 is 0 Å². The average Bonchev–Trinajstić information content (AvgIpc) is 2.85. The highest BCUT2D eigenvalue weighted by molar-refractivity contribution is 5.74. The molecule has 0 bridgehead atoms. The van der Waals surface area contributed by atoms with E-state index in [-0.39, 0.29) is 5.56 Å². The molecule has 0 unspecified atom stereocenters. The number of pyridine rings is 1. The zero-order chi connectivity index (χ0) is 13.4. The second-order valence-corrected chi connectivity index (χ2v) is 4.34. The van der Waals surface area contributed by atoms with Gasteiger partial charge in [0.05, 0.1) is 0 Å². The molecular formula is C12H14N6O. The van der Waals surface area contributed by atoms with Crippen molar-refractivity contribution in [1.82, 2.24) is 29.4 Å². The molecule has 0 aliphatic carbocycles. The lowest BCUT2D eigenvalue weighted by Gasteiger charge is -2.04. The molecule has 3 aromatic heterocycles. The van der Waals surface area contributed by atoms with Crippen LogP contribution in [0.3, 0.4) is 0 Å². The molecule has 7 heteroatoms. The van der Waals surface area contributed by atoms with Crippen molar-refractivity contribution in [2.45, 2.75) is 33.2 Å². The third-order valence-electron chi connectivity index (χ3n) is 3.00. The van der Waals surface area contributed by atoms with Crippen LogP contribution in [0.1, 0.15) is 26.1 Å². The molecule has 0 saturated carbocycles. The van der Waals surface area contributed by atoms with Crippen molar-refractivity contribution in [3.05, 3.63) is 28.4 Å². The van der Waals surface area contributed by atoms with Crippen molar-refractivity contribution < 1.29 is 0 Å². The molecule has 0 atom stereocenters. The molecule has 0 fully saturated rings. The van der Waals surface area contributed by atoms with Crippen LogP contribution in [0.4, 0.5) is 0 Å². The first-order chi connectivity index (χ1) is 9.24. The van der Waals surface area contributed by atoms with E-state index in [0.29, 0.717) is 29.2 Å². The van der Waals surface area contributed by atoms with Gasteiger partial charge < -0.3 is 4.57 Å². The Morgan fingerprint density at radius 2 is 2.11 bits per heavy atom. The van der Waals surface area contributed by atoms with Gasteiger partial charge in [-0.05, 0) is 12.5 Å². The van der Waals surface area contributed by atoms with Gasteiger partial charge in [-0.3, -0.25) is 4.79 Å². The van der Waals surface area contributed by atoms with E-state index in [4.69, 9.17) is 0 Å². The highest BCUT2D eigenvalue weighted by Crippen LogP contribution is 2.08. The van der Waals surface area contributed by atoms with E-state index in [1.807, 2.05) is 19.9 Å². The van der Waals surface area contributed by atoms with Crippen molar-refractivity contribution in [2.24, 2.45) is 0 Å². The van der Waals surface area contributed by atoms with Gasteiger partial charge in [-0.15, -0.1) is 15.3 Å². The molecule has 0 spiro atoms. The third-order valence-corrected chi connectivity index (χ3v) is 3.00. The Morgan fingerprint density at radius 3 is 2.84 bits per heavy atom. The van der Waals surface area contributed by atoms with Gasteiger partial charge in [-0.2, -0.15) is 9.50 Å². The zero-order valence-corrected chi connectivity index (χ0v) is 10.9. The molecule has 0 amide bonds. The van der Waals surface area contributed by atoms with E-state index in [1.165, 1.54) is 0 Å². The molecule has 0 aliphatic rings. The summed E-state index contributed by atoms with van der Waals surface area (Å²) in [4.78, 5) is 16.5. The summed E-state index contributed by atoms with van der Waals surface area (Å²) >= 11 is 0. The molecule has 98 valence electrons. The smallest absolute Gasteiger partial charge is 0.280 e. The van der Waals surface area contributed by atoms with Crippen LogP contribution in [0.5, 0.6) is 0 Å². The van der Waals surface area contributed by atoms with E-state index in [2.05, 4.69) is 20.3 Å². The lowest BCUT2D eigenvalue weighted by atomic mass is 10.3. The highest BCUT2D eigenvalue weighted by atomic mass is 16.1. The quantitative estimate of drug-likeness (QED) is 0.694. The van der Waals surface area contributed by atoms with Crippen molar-refractivity contribution >= 4 is 16.8 Å². The minimum atomic E-state index is -0.137. The molecule has 0 aliphatic heterocycles. The van der Waals surface area contributed by atoms with Gasteiger partial charge in [0.1, 0.15) is 5.52 Å². The molecule has 19 heavy (non-hydrogen) atoms. The maximum atomic E-state index is 12.2. The number of rotatable bonds is 3. The Morgan fingerprint density at radius 1 is 1.26 bits per heavy atom. The van der Waals surface area contributed by atoms with Crippen molar-refractivity contribution in [3.63, 3.8) is 0 Å².